The van der Waals surface area contributed by atoms with Crippen molar-refractivity contribution in [2.75, 3.05) is 20.0 Å². The summed E-state index contributed by atoms with van der Waals surface area (Å²) in [6, 6.07) is 1.56. The molecule has 2 rings (SSSR count). The van der Waals surface area contributed by atoms with Crippen LogP contribution in [0.5, 0.6) is 11.5 Å². The van der Waals surface area contributed by atoms with Crippen molar-refractivity contribution in [1.29, 1.82) is 0 Å². The van der Waals surface area contributed by atoms with Crippen molar-refractivity contribution in [1.82, 2.24) is 9.97 Å². The molecule has 6 heteroatoms. The molecular weight excluding hydrogens is 225 g/mol. The van der Waals surface area contributed by atoms with Crippen LogP contribution in [0.25, 0.3) is 10.9 Å². The van der Waals surface area contributed by atoms with E-state index in [0.717, 1.165) is 0 Å². The Hall–Kier alpha value is -2.11. The summed E-state index contributed by atoms with van der Waals surface area (Å²) in [5.41, 5.74) is 5.86. The van der Waals surface area contributed by atoms with Crippen LogP contribution < -0.4 is 15.2 Å². The zero-order valence-electron chi connectivity index (χ0n) is 9.74. The van der Waals surface area contributed by atoms with Crippen molar-refractivity contribution in [2.24, 2.45) is 0 Å². The van der Waals surface area contributed by atoms with Crippen molar-refractivity contribution >= 4 is 16.7 Å². The number of ether oxygens (including phenoxy) is 2. The molecule has 0 spiro atoms. The van der Waals surface area contributed by atoms with E-state index in [1.54, 1.807) is 13.0 Å². The fraction of sp³-hybridized carbons (Fsp3) is 0.273. The summed E-state index contributed by atoms with van der Waals surface area (Å²) >= 11 is 0. The highest BCUT2D eigenvalue weighted by Gasteiger charge is 2.18. The number of nitrogens with zero attached hydrogens (tertiary/aromatic N) is 2. The molecule has 0 unspecified atom stereocenters. The third-order valence-corrected chi connectivity index (χ3v) is 2.42. The van der Waals surface area contributed by atoms with Gasteiger partial charge >= 0.3 is 0 Å². The Labute approximate surface area is 97.4 Å². The third kappa shape index (κ3) is 1.71. The fourth-order valence-electron chi connectivity index (χ4n) is 1.67. The van der Waals surface area contributed by atoms with Crippen LogP contribution in [0, 0.1) is 12.7 Å². The Morgan fingerprint density at radius 2 is 1.94 bits per heavy atom. The van der Waals surface area contributed by atoms with Gasteiger partial charge in [-0.25, -0.2) is 14.4 Å². The number of hydrogen-bond acceptors (Lipinski definition) is 5. The van der Waals surface area contributed by atoms with E-state index >= 15 is 0 Å². The Kier molecular flexibility index (Phi) is 2.71. The van der Waals surface area contributed by atoms with Gasteiger partial charge in [-0.15, -0.1) is 0 Å². The van der Waals surface area contributed by atoms with Crippen LogP contribution in [-0.2, 0) is 0 Å². The zero-order chi connectivity index (χ0) is 12.6. The molecule has 17 heavy (non-hydrogen) atoms. The molecule has 90 valence electrons. The first-order valence-corrected chi connectivity index (χ1v) is 4.92. The van der Waals surface area contributed by atoms with Gasteiger partial charge in [0.15, 0.2) is 17.3 Å². The average Bonchev–Trinajstić information content (AvgIpc) is 2.30. The number of anilines is 1. The van der Waals surface area contributed by atoms with Gasteiger partial charge in [0.25, 0.3) is 0 Å². The molecule has 0 radical (unpaired) electrons. The third-order valence-electron chi connectivity index (χ3n) is 2.42. The number of fused-ring (bicyclic) bond motifs is 1. The summed E-state index contributed by atoms with van der Waals surface area (Å²) in [7, 11) is 2.79. The number of halogens is 1. The predicted octanol–water partition coefficient (Wildman–Crippen LogP) is 1.68. The standard InChI is InChI=1S/C11H12FN3O2/c1-5-14-9-6(11(13)15-5)4-7(16-2)10(17-3)8(9)12/h4H,1-3H3,(H2,13,14,15). The van der Waals surface area contributed by atoms with Gasteiger partial charge in [0.2, 0.25) is 0 Å². The zero-order valence-corrected chi connectivity index (χ0v) is 9.74. The Bertz CT molecular complexity index is 587. The second-order valence-corrected chi connectivity index (χ2v) is 3.48. The highest BCUT2D eigenvalue weighted by atomic mass is 19.1. The van der Waals surface area contributed by atoms with Crippen LogP contribution in [0.3, 0.4) is 0 Å². The van der Waals surface area contributed by atoms with Gasteiger partial charge in [-0.3, -0.25) is 0 Å². The molecule has 2 N–H and O–H groups in total. The maximum Gasteiger partial charge on any atom is 0.199 e. The summed E-state index contributed by atoms with van der Waals surface area (Å²) < 4.78 is 24.1. The van der Waals surface area contributed by atoms with Crippen molar-refractivity contribution < 1.29 is 13.9 Å². The van der Waals surface area contributed by atoms with Gasteiger partial charge in [0.1, 0.15) is 17.2 Å². The van der Waals surface area contributed by atoms with Gasteiger partial charge in [-0.05, 0) is 13.0 Å². The summed E-state index contributed by atoms with van der Waals surface area (Å²) in [5.74, 6) is 0.293. The van der Waals surface area contributed by atoms with Gasteiger partial charge in [0, 0.05) is 5.39 Å². The molecule has 0 aliphatic heterocycles. The first-order valence-electron chi connectivity index (χ1n) is 4.92. The smallest absolute Gasteiger partial charge is 0.199 e. The molecule has 0 saturated carbocycles. The lowest BCUT2D eigenvalue weighted by Gasteiger charge is -2.11. The molecule has 0 aliphatic carbocycles. The normalized spacial score (nSPS) is 10.6. The summed E-state index contributed by atoms with van der Waals surface area (Å²) in [4.78, 5) is 8.00. The second-order valence-electron chi connectivity index (χ2n) is 3.48. The second kappa shape index (κ2) is 4.04. The molecular formula is C11H12FN3O2. The van der Waals surface area contributed by atoms with Crippen LogP contribution >= 0.6 is 0 Å². The molecule has 5 nitrogen and oxygen atoms in total. The van der Waals surface area contributed by atoms with Gasteiger partial charge in [0.05, 0.1) is 14.2 Å². The molecule has 1 aromatic carbocycles. The van der Waals surface area contributed by atoms with E-state index in [1.165, 1.54) is 14.2 Å². The number of rotatable bonds is 2. The van der Waals surface area contributed by atoms with E-state index in [1.807, 2.05) is 0 Å². The predicted molar refractivity (Wildman–Crippen MR) is 61.7 cm³/mol. The maximum atomic E-state index is 14.1. The average molecular weight is 237 g/mol. The van der Waals surface area contributed by atoms with Crippen LogP contribution in [0.2, 0.25) is 0 Å². The van der Waals surface area contributed by atoms with Gasteiger partial charge < -0.3 is 15.2 Å². The SMILES string of the molecule is COc1cc2c(N)nc(C)nc2c(F)c1OC. The van der Waals surface area contributed by atoms with E-state index in [-0.39, 0.29) is 22.8 Å². The fourth-order valence-corrected chi connectivity index (χ4v) is 1.67. The number of hydrogen-bond donors (Lipinski definition) is 1. The molecule has 0 bridgehead atoms. The molecule has 2 aromatic rings. The first kappa shape index (κ1) is 11.4. The van der Waals surface area contributed by atoms with Crippen molar-refractivity contribution in [3.63, 3.8) is 0 Å². The van der Waals surface area contributed by atoms with Crippen molar-refractivity contribution in [3.8, 4) is 11.5 Å². The topological polar surface area (TPSA) is 70.3 Å². The Balaban J connectivity index is 2.90. The number of benzene rings is 1. The lowest BCUT2D eigenvalue weighted by molar-refractivity contribution is 0.339. The van der Waals surface area contributed by atoms with Crippen LogP contribution in [0.4, 0.5) is 10.2 Å². The highest BCUT2D eigenvalue weighted by molar-refractivity contribution is 5.91. The molecule has 0 atom stereocenters. The minimum atomic E-state index is -0.598. The Morgan fingerprint density at radius 1 is 1.24 bits per heavy atom. The number of aromatic nitrogens is 2. The summed E-state index contributed by atoms with van der Waals surface area (Å²) in [6.07, 6.45) is 0. The quantitative estimate of drug-likeness (QED) is 0.860. The van der Waals surface area contributed by atoms with E-state index in [2.05, 4.69) is 9.97 Å². The Morgan fingerprint density at radius 3 is 2.53 bits per heavy atom. The largest absolute Gasteiger partial charge is 0.493 e. The highest BCUT2D eigenvalue weighted by Crippen LogP contribution is 2.36. The molecule has 1 heterocycles. The number of nitrogens with two attached hydrogens (primary N) is 1. The maximum absolute atomic E-state index is 14.1. The van der Waals surface area contributed by atoms with Crippen LogP contribution in [0.1, 0.15) is 5.82 Å². The minimum absolute atomic E-state index is 0.0116. The van der Waals surface area contributed by atoms with Crippen molar-refractivity contribution in [3.05, 3.63) is 17.7 Å². The van der Waals surface area contributed by atoms with Crippen LogP contribution in [0.15, 0.2) is 6.07 Å². The molecule has 0 amide bonds. The van der Waals surface area contributed by atoms with Gasteiger partial charge in [-0.1, -0.05) is 0 Å². The molecule has 0 fully saturated rings. The number of aryl methyl sites for hydroxylation is 1. The number of nitrogen functional groups attached to an aromatic ring is 1. The summed E-state index contributed by atoms with van der Waals surface area (Å²) in [6.45, 7) is 1.64. The van der Waals surface area contributed by atoms with Crippen molar-refractivity contribution in [2.45, 2.75) is 6.92 Å². The summed E-state index contributed by atoms with van der Waals surface area (Å²) in [5, 5.41) is 0.408. The lowest BCUT2D eigenvalue weighted by Crippen LogP contribution is -2.02. The van der Waals surface area contributed by atoms with E-state index < -0.39 is 5.82 Å². The molecule has 0 saturated heterocycles. The molecule has 1 aromatic heterocycles. The van der Waals surface area contributed by atoms with E-state index in [9.17, 15) is 4.39 Å². The van der Waals surface area contributed by atoms with Gasteiger partial charge in [-0.2, -0.15) is 0 Å². The van der Waals surface area contributed by atoms with Crippen LogP contribution in [-0.4, -0.2) is 24.2 Å². The van der Waals surface area contributed by atoms with E-state index in [0.29, 0.717) is 11.2 Å². The monoisotopic (exact) mass is 237 g/mol. The lowest BCUT2D eigenvalue weighted by atomic mass is 10.2. The minimum Gasteiger partial charge on any atom is -0.493 e. The van der Waals surface area contributed by atoms with E-state index in [4.69, 9.17) is 15.2 Å². The number of methoxy groups -OCH3 is 2. The first-order chi connectivity index (χ1) is 8.08. The molecule has 0 aliphatic rings.